The van der Waals surface area contributed by atoms with Crippen molar-refractivity contribution in [3.8, 4) is 11.4 Å². The molecule has 0 aliphatic heterocycles. The molecule has 122 valence electrons. The maximum Gasteiger partial charge on any atom is 0.206 e. The van der Waals surface area contributed by atoms with Crippen molar-refractivity contribution in [1.82, 2.24) is 20.2 Å². The predicted molar refractivity (Wildman–Crippen MR) is 98.4 cm³/mol. The number of nitrogens with zero attached hydrogens (tertiary/aromatic N) is 4. The molecule has 0 fully saturated rings. The molecular formula is C20H15ClN4. The zero-order valence-corrected chi connectivity index (χ0v) is 14.1. The van der Waals surface area contributed by atoms with E-state index in [4.69, 9.17) is 11.6 Å². The summed E-state index contributed by atoms with van der Waals surface area (Å²) in [4.78, 5) is 1.64. The summed E-state index contributed by atoms with van der Waals surface area (Å²) in [7, 11) is 0. The molecule has 0 amide bonds. The Kier molecular flexibility index (Phi) is 4.27. The van der Waals surface area contributed by atoms with Gasteiger partial charge in [-0.3, -0.25) is 0 Å². The van der Waals surface area contributed by atoms with Gasteiger partial charge in [-0.2, -0.15) is 4.80 Å². The fourth-order valence-electron chi connectivity index (χ4n) is 2.81. The molecule has 1 heterocycles. The van der Waals surface area contributed by atoms with Gasteiger partial charge < -0.3 is 0 Å². The van der Waals surface area contributed by atoms with Crippen LogP contribution in [0.2, 0.25) is 5.02 Å². The number of tetrazole rings is 1. The molecule has 0 N–H and O–H groups in total. The van der Waals surface area contributed by atoms with Crippen LogP contribution < -0.4 is 0 Å². The second-order valence-corrected chi connectivity index (χ2v) is 6.04. The van der Waals surface area contributed by atoms with Crippen molar-refractivity contribution in [2.24, 2.45) is 0 Å². The maximum absolute atomic E-state index is 6.26. The minimum absolute atomic E-state index is 0.147. The van der Waals surface area contributed by atoms with E-state index in [-0.39, 0.29) is 6.04 Å². The van der Waals surface area contributed by atoms with E-state index in [2.05, 4.69) is 39.7 Å². The number of aromatic nitrogens is 4. The Hall–Kier alpha value is -2.98. The van der Waals surface area contributed by atoms with Crippen LogP contribution in [0.5, 0.6) is 0 Å². The molecule has 25 heavy (non-hydrogen) atoms. The van der Waals surface area contributed by atoms with Gasteiger partial charge >= 0.3 is 0 Å². The fraction of sp³-hybridized carbons (Fsp3) is 0.0500. The molecule has 4 nitrogen and oxygen atoms in total. The molecule has 0 bridgehead atoms. The van der Waals surface area contributed by atoms with Gasteiger partial charge in [0.05, 0.1) is 5.02 Å². The lowest BCUT2D eigenvalue weighted by Gasteiger charge is -2.16. The highest BCUT2D eigenvalue weighted by Crippen LogP contribution is 2.28. The van der Waals surface area contributed by atoms with Gasteiger partial charge in [-0.25, -0.2) is 0 Å². The first-order chi connectivity index (χ1) is 12.3. The summed E-state index contributed by atoms with van der Waals surface area (Å²) < 4.78 is 0. The molecular weight excluding hydrogens is 332 g/mol. The van der Waals surface area contributed by atoms with E-state index in [0.717, 1.165) is 16.7 Å². The molecule has 0 unspecified atom stereocenters. The molecule has 1 aromatic heterocycles. The smallest absolute Gasteiger partial charge is 0.152 e. The average molecular weight is 347 g/mol. The lowest BCUT2D eigenvalue weighted by atomic mass is 9.99. The van der Waals surface area contributed by atoms with Crippen molar-refractivity contribution in [2.75, 3.05) is 0 Å². The lowest BCUT2D eigenvalue weighted by Crippen LogP contribution is -2.15. The molecule has 0 saturated heterocycles. The zero-order valence-electron chi connectivity index (χ0n) is 13.3. The Morgan fingerprint density at radius 2 is 1.28 bits per heavy atom. The van der Waals surface area contributed by atoms with Crippen molar-refractivity contribution >= 4 is 11.6 Å². The van der Waals surface area contributed by atoms with Crippen molar-refractivity contribution in [3.63, 3.8) is 0 Å². The molecule has 0 aliphatic rings. The third-order valence-electron chi connectivity index (χ3n) is 4.00. The number of benzene rings is 3. The molecule has 0 saturated carbocycles. The minimum Gasteiger partial charge on any atom is -0.152 e. The standard InChI is InChI=1S/C20H15ClN4/c21-18-14-8-7-13-17(18)20-22-24-25(23-20)19(15-9-3-1-4-10-15)16-11-5-2-6-12-16/h1-14,19H. The third-order valence-corrected chi connectivity index (χ3v) is 4.33. The van der Waals surface area contributed by atoms with Gasteiger partial charge in [0.2, 0.25) is 5.82 Å². The number of hydrogen-bond donors (Lipinski definition) is 0. The second-order valence-electron chi connectivity index (χ2n) is 5.64. The van der Waals surface area contributed by atoms with Gasteiger partial charge in [-0.15, -0.1) is 10.2 Å². The lowest BCUT2D eigenvalue weighted by molar-refractivity contribution is 0.505. The van der Waals surface area contributed by atoms with Gasteiger partial charge in [0.15, 0.2) is 0 Å². The highest BCUT2D eigenvalue weighted by atomic mass is 35.5. The Balaban J connectivity index is 1.80. The van der Waals surface area contributed by atoms with Crippen LogP contribution in [0.4, 0.5) is 0 Å². The fourth-order valence-corrected chi connectivity index (χ4v) is 3.03. The Bertz CT molecular complexity index is 928. The summed E-state index contributed by atoms with van der Waals surface area (Å²) in [6, 6.07) is 27.7. The van der Waals surface area contributed by atoms with E-state index in [0.29, 0.717) is 10.8 Å². The summed E-state index contributed by atoms with van der Waals surface area (Å²) in [5, 5.41) is 13.7. The van der Waals surface area contributed by atoms with Crippen LogP contribution in [0.15, 0.2) is 84.9 Å². The second kappa shape index (κ2) is 6.87. The van der Waals surface area contributed by atoms with Crippen molar-refractivity contribution < 1.29 is 0 Å². The molecule has 0 atom stereocenters. The Labute approximate surface area is 150 Å². The highest BCUT2D eigenvalue weighted by Gasteiger charge is 2.20. The van der Waals surface area contributed by atoms with Crippen molar-refractivity contribution in [2.45, 2.75) is 6.04 Å². The summed E-state index contributed by atoms with van der Waals surface area (Å²) in [6.45, 7) is 0. The largest absolute Gasteiger partial charge is 0.206 e. The summed E-state index contributed by atoms with van der Waals surface area (Å²) in [5.41, 5.74) is 2.96. The normalized spacial score (nSPS) is 11.0. The van der Waals surface area contributed by atoms with Crippen LogP contribution in [0.25, 0.3) is 11.4 Å². The molecule has 4 rings (SSSR count). The van der Waals surface area contributed by atoms with E-state index in [1.807, 2.05) is 60.7 Å². The molecule has 0 spiro atoms. The minimum atomic E-state index is -0.147. The van der Waals surface area contributed by atoms with Crippen LogP contribution in [0.3, 0.4) is 0 Å². The van der Waals surface area contributed by atoms with Crippen LogP contribution >= 0.6 is 11.6 Å². The summed E-state index contributed by atoms with van der Waals surface area (Å²) in [5.74, 6) is 0.516. The van der Waals surface area contributed by atoms with Crippen LogP contribution in [-0.4, -0.2) is 20.2 Å². The van der Waals surface area contributed by atoms with E-state index < -0.39 is 0 Å². The zero-order chi connectivity index (χ0) is 17.1. The first-order valence-corrected chi connectivity index (χ1v) is 8.35. The number of halogens is 1. The molecule has 4 aromatic rings. The van der Waals surface area contributed by atoms with Gasteiger partial charge in [-0.05, 0) is 28.5 Å². The summed E-state index contributed by atoms with van der Waals surface area (Å²) in [6.07, 6.45) is 0. The molecule has 0 aliphatic carbocycles. The van der Waals surface area contributed by atoms with Crippen LogP contribution in [0.1, 0.15) is 17.2 Å². The van der Waals surface area contributed by atoms with E-state index in [1.54, 1.807) is 4.80 Å². The predicted octanol–water partition coefficient (Wildman–Crippen LogP) is 4.63. The van der Waals surface area contributed by atoms with Gasteiger partial charge in [0.25, 0.3) is 0 Å². The Morgan fingerprint density at radius 1 is 0.720 bits per heavy atom. The molecule has 0 radical (unpaired) electrons. The molecule has 3 aromatic carbocycles. The van der Waals surface area contributed by atoms with Gasteiger partial charge in [0.1, 0.15) is 6.04 Å². The average Bonchev–Trinajstić information content (AvgIpc) is 3.13. The Morgan fingerprint density at radius 3 is 1.88 bits per heavy atom. The topological polar surface area (TPSA) is 43.6 Å². The van der Waals surface area contributed by atoms with E-state index in [1.165, 1.54) is 0 Å². The van der Waals surface area contributed by atoms with E-state index in [9.17, 15) is 0 Å². The highest BCUT2D eigenvalue weighted by molar-refractivity contribution is 6.33. The van der Waals surface area contributed by atoms with Crippen molar-refractivity contribution in [3.05, 3.63) is 101 Å². The third kappa shape index (κ3) is 3.16. The first kappa shape index (κ1) is 15.5. The van der Waals surface area contributed by atoms with Crippen LogP contribution in [-0.2, 0) is 0 Å². The monoisotopic (exact) mass is 346 g/mol. The quantitative estimate of drug-likeness (QED) is 0.541. The van der Waals surface area contributed by atoms with Gasteiger partial charge in [-0.1, -0.05) is 84.4 Å². The number of rotatable bonds is 4. The first-order valence-electron chi connectivity index (χ1n) is 7.97. The van der Waals surface area contributed by atoms with E-state index >= 15 is 0 Å². The molecule has 5 heteroatoms. The number of hydrogen-bond acceptors (Lipinski definition) is 3. The van der Waals surface area contributed by atoms with Crippen LogP contribution in [0, 0.1) is 0 Å². The van der Waals surface area contributed by atoms with Crippen molar-refractivity contribution in [1.29, 1.82) is 0 Å². The summed E-state index contributed by atoms with van der Waals surface area (Å²) >= 11 is 6.26. The van der Waals surface area contributed by atoms with Gasteiger partial charge in [0, 0.05) is 5.56 Å². The maximum atomic E-state index is 6.26. The SMILES string of the molecule is Clc1ccccc1-c1nnn(C(c2ccccc2)c2ccccc2)n1.